The number of carbonyl (C=O) groups is 1. The number of rotatable bonds is 2. The van der Waals surface area contributed by atoms with Gasteiger partial charge >= 0.3 is 0 Å². The molecule has 0 fully saturated rings. The molecule has 1 unspecified atom stereocenters. The molecule has 0 N–H and O–H groups in total. The van der Waals surface area contributed by atoms with Gasteiger partial charge in [0.1, 0.15) is 5.78 Å². The second-order valence-corrected chi connectivity index (χ2v) is 5.42. The van der Waals surface area contributed by atoms with Crippen LogP contribution in [0.4, 0.5) is 8.78 Å². The van der Waals surface area contributed by atoms with E-state index in [9.17, 15) is 13.6 Å². The summed E-state index contributed by atoms with van der Waals surface area (Å²) in [5.74, 6) is -2.18. The fourth-order valence-corrected chi connectivity index (χ4v) is 3.12. The van der Waals surface area contributed by atoms with E-state index >= 15 is 0 Å². The van der Waals surface area contributed by atoms with Gasteiger partial charge in [-0.3, -0.25) is 4.79 Å². The number of benzene rings is 2. The van der Waals surface area contributed by atoms with Gasteiger partial charge in [-0.25, -0.2) is 8.78 Å². The average Bonchev–Trinajstić information content (AvgIpc) is 2.64. The van der Waals surface area contributed by atoms with E-state index in [0.717, 1.165) is 23.1 Å². The molecule has 0 amide bonds. The number of hydrogen-bond acceptors (Lipinski definition) is 1. The van der Waals surface area contributed by atoms with Gasteiger partial charge in [0.15, 0.2) is 11.6 Å². The van der Waals surface area contributed by atoms with Crippen LogP contribution in [0.2, 0.25) is 0 Å². The molecule has 3 heteroatoms. The minimum Gasteiger partial charge on any atom is -0.299 e. The van der Waals surface area contributed by atoms with Crippen molar-refractivity contribution in [1.29, 1.82) is 0 Å². The van der Waals surface area contributed by atoms with Crippen LogP contribution in [0.1, 0.15) is 41.5 Å². The summed E-state index contributed by atoms with van der Waals surface area (Å²) in [6.45, 7) is 1.80. The first-order valence-electron chi connectivity index (χ1n) is 7.20. The van der Waals surface area contributed by atoms with Gasteiger partial charge in [0.25, 0.3) is 0 Å². The maximum atomic E-state index is 13.7. The molecule has 3 rings (SSSR count). The maximum absolute atomic E-state index is 13.7. The Kier molecular flexibility index (Phi) is 3.58. The van der Waals surface area contributed by atoms with Gasteiger partial charge in [-0.2, -0.15) is 0 Å². The molecule has 0 bridgehead atoms. The largest absolute Gasteiger partial charge is 0.299 e. The van der Waals surface area contributed by atoms with Gasteiger partial charge < -0.3 is 0 Å². The van der Waals surface area contributed by atoms with Crippen molar-refractivity contribution in [2.75, 3.05) is 0 Å². The molecule has 1 aliphatic carbocycles. The lowest BCUT2D eigenvalue weighted by Gasteiger charge is -2.19. The number of carbonyl (C=O) groups excluding carboxylic acids is 1. The monoisotopic (exact) mass is 286 g/mol. The minimum absolute atomic E-state index is 0.0385. The maximum Gasteiger partial charge on any atom is 0.159 e. The Bertz CT molecular complexity index is 706. The zero-order valence-corrected chi connectivity index (χ0v) is 11.8. The summed E-state index contributed by atoms with van der Waals surface area (Å²) in [5.41, 5.74) is 3.36. The van der Waals surface area contributed by atoms with E-state index in [1.54, 1.807) is 6.92 Å². The van der Waals surface area contributed by atoms with Crippen molar-refractivity contribution in [3.8, 4) is 0 Å². The lowest BCUT2D eigenvalue weighted by atomic mass is 9.84. The minimum atomic E-state index is -0.887. The van der Waals surface area contributed by atoms with Gasteiger partial charge in [-0.1, -0.05) is 31.2 Å². The van der Waals surface area contributed by atoms with Crippen molar-refractivity contribution in [2.45, 2.75) is 32.1 Å². The zero-order chi connectivity index (χ0) is 15.0. The molecule has 1 aliphatic rings. The van der Waals surface area contributed by atoms with Crippen molar-refractivity contribution >= 4 is 5.78 Å². The topological polar surface area (TPSA) is 17.1 Å². The van der Waals surface area contributed by atoms with E-state index in [1.807, 2.05) is 24.3 Å². The second-order valence-electron chi connectivity index (χ2n) is 5.42. The van der Waals surface area contributed by atoms with Crippen molar-refractivity contribution < 1.29 is 13.6 Å². The van der Waals surface area contributed by atoms with E-state index < -0.39 is 17.6 Å². The van der Waals surface area contributed by atoms with Gasteiger partial charge in [-0.15, -0.1) is 0 Å². The number of ketones is 1. The molecule has 0 aliphatic heterocycles. The number of fused-ring (bicyclic) bond motifs is 2. The fourth-order valence-electron chi connectivity index (χ4n) is 3.12. The Balaban J connectivity index is 2.25. The quantitative estimate of drug-likeness (QED) is 0.809. The highest BCUT2D eigenvalue weighted by Crippen LogP contribution is 2.36. The Labute approximate surface area is 122 Å². The highest BCUT2D eigenvalue weighted by molar-refractivity contribution is 5.89. The van der Waals surface area contributed by atoms with Crippen molar-refractivity contribution in [3.05, 3.63) is 70.3 Å². The molecule has 0 heterocycles. The molecule has 108 valence electrons. The summed E-state index contributed by atoms with van der Waals surface area (Å²) in [6.07, 6.45) is 1.73. The molecule has 1 nitrogen and oxygen atoms in total. The Morgan fingerprint density at radius 2 is 1.71 bits per heavy atom. The normalized spacial score (nSPS) is 16.8. The third kappa shape index (κ3) is 2.37. The molecule has 0 spiro atoms. The lowest BCUT2D eigenvalue weighted by Crippen LogP contribution is -2.15. The van der Waals surface area contributed by atoms with Crippen LogP contribution in [0.3, 0.4) is 0 Å². The SMILES string of the molecule is CCC(=O)C1c2ccccc2CCc2cc(F)c(F)cc21. The van der Waals surface area contributed by atoms with Crippen LogP contribution in [0.5, 0.6) is 0 Å². The Morgan fingerprint density at radius 1 is 1.05 bits per heavy atom. The summed E-state index contributed by atoms with van der Waals surface area (Å²) in [6, 6.07) is 10.2. The first-order chi connectivity index (χ1) is 10.1. The van der Waals surface area contributed by atoms with Gasteiger partial charge in [0.2, 0.25) is 0 Å². The standard InChI is InChI=1S/C18H16F2O/c1-2-17(21)18-13-6-4-3-5-11(13)7-8-12-9-15(19)16(20)10-14(12)18/h3-6,9-10,18H,2,7-8H2,1H3. The van der Waals surface area contributed by atoms with Crippen LogP contribution >= 0.6 is 0 Å². The van der Waals surface area contributed by atoms with Crippen molar-refractivity contribution in [1.82, 2.24) is 0 Å². The second kappa shape index (κ2) is 5.40. The smallest absolute Gasteiger partial charge is 0.159 e. The van der Waals surface area contributed by atoms with Crippen LogP contribution in [0.15, 0.2) is 36.4 Å². The Morgan fingerprint density at radius 3 is 2.48 bits per heavy atom. The highest BCUT2D eigenvalue weighted by Gasteiger charge is 2.29. The zero-order valence-electron chi connectivity index (χ0n) is 11.8. The molecular weight excluding hydrogens is 270 g/mol. The average molecular weight is 286 g/mol. The first-order valence-corrected chi connectivity index (χ1v) is 7.20. The summed E-state index contributed by atoms with van der Waals surface area (Å²) >= 11 is 0. The fraction of sp³-hybridized carbons (Fsp3) is 0.278. The number of halogens is 2. The number of Topliss-reactive ketones (excluding diaryl/α,β-unsaturated/α-hetero) is 1. The first kappa shape index (κ1) is 13.9. The summed E-state index contributed by atoms with van der Waals surface area (Å²) in [5, 5.41) is 0. The van der Waals surface area contributed by atoms with Crippen LogP contribution in [0.25, 0.3) is 0 Å². The predicted octanol–water partition coefficient (Wildman–Crippen LogP) is 4.17. The number of hydrogen-bond donors (Lipinski definition) is 0. The number of aryl methyl sites for hydroxylation is 2. The van der Waals surface area contributed by atoms with E-state index in [-0.39, 0.29) is 5.78 Å². The third-order valence-electron chi connectivity index (χ3n) is 4.19. The van der Waals surface area contributed by atoms with Gasteiger partial charge in [0, 0.05) is 6.42 Å². The van der Waals surface area contributed by atoms with Crippen LogP contribution in [-0.2, 0) is 17.6 Å². The summed E-state index contributed by atoms with van der Waals surface area (Å²) in [7, 11) is 0. The Hall–Kier alpha value is -2.03. The van der Waals surface area contributed by atoms with Crippen molar-refractivity contribution in [3.63, 3.8) is 0 Å². The lowest BCUT2D eigenvalue weighted by molar-refractivity contribution is -0.119. The van der Waals surface area contributed by atoms with Crippen LogP contribution in [0, 0.1) is 11.6 Å². The molecule has 0 radical (unpaired) electrons. The molecule has 21 heavy (non-hydrogen) atoms. The van der Waals surface area contributed by atoms with Gasteiger partial charge in [-0.05, 0) is 47.2 Å². The van der Waals surface area contributed by atoms with Crippen LogP contribution in [-0.4, -0.2) is 5.78 Å². The molecule has 1 atom stereocenters. The van der Waals surface area contributed by atoms with E-state index in [2.05, 4.69) is 0 Å². The molecular formula is C18H16F2O. The van der Waals surface area contributed by atoms with Crippen LogP contribution < -0.4 is 0 Å². The molecule has 2 aromatic rings. The summed E-state index contributed by atoms with van der Waals surface area (Å²) < 4.78 is 27.2. The van der Waals surface area contributed by atoms with Crippen molar-refractivity contribution in [2.24, 2.45) is 0 Å². The summed E-state index contributed by atoms with van der Waals surface area (Å²) in [4.78, 5) is 12.4. The van der Waals surface area contributed by atoms with Gasteiger partial charge in [0.05, 0.1) is 5.92 Å². The van der Waals surface area contributed by atoms with E-state index in [4.69, 9.17) is 0 Å². The molecule has 0 aromatic heterocycles. The van der Waals surface area contributed by atoms with E-state index in [1.165, 1.54) is 12.1 Å². The third-order valence-corrected chi connectivity index (χ3v) is 4.19. The van der Waals surface area contributed by atoms with E-state index in [0.29, 0.717) is 18.4 Å². The molecule has 0 saturated heterocycles. The predicted molar refractivity (Wildman–Crippen MR) is 77.3 cm³/mol. The molecule has 0 saturated carbocycles. The highest BCUT2D eigenvalue weighted by atomic mass is 19.2. The molecule has 2 aromatic carbocycles.